The van der Waals surface area contributed by atoms with E-state index in [0.29, 0.717) is 12.6 Å². The molecule has 0 spiro atoms. The topological polar surface area (TPSA) is 61.0 Å². The molecule has 0 aliphatic carbocycles. The molecule has 0 unspecified atom stereocenters. The van der Waals surface area contributed by atoms with Gasteiger partial charge in [0.15, 0.2) is 0 Å². The fraction of sp³-hybridized carbons (Fsp3) is 0.286. The van der Waals surface area contributed by atoms with Gasteiger partial charge in [-0.05, 0) is 43.5 Å². The first-order valence-electron chi connectivity index (χ1n) is 5.88. The first-order chi connectivity index (χ1) is 8.61. The van der Waals surface area contributed by atoms with E-state index in [4.69, 9.17) is 10.5 Å². The van der Waals surface area contributed by atoms with Gasteiger partial charge in [0.2, 0.25) is 0 Å². The average Bonchev–Trinajstić information content (AvgIpc) is 2.39. The van der Waals surface area contributed by atoms with Crippen LogP contribution >= 0.6 is 0 Å². The van der Waals surface area contributed by atoms with Gasteiger partial charge in [-0.3, -0.25) is 0 Å². The molecule has 2 rings (SSSR count). The lowest BCUT2D eigenvalue weighted by atomic mass is 10.1. The first kappa shape index (κ1) is 12.5. The lowest BCUT2D eigenvalue weighted by Crippen LogP contribution is -2.02. The average molecular weight is 243 g/mol. The van der Waals surface area contributed by atoms with E-state index in [1.165, 1.54) is 5.56 Å². The van der Waals surface area contributed by atoms with Crippen LogP contribution in [0.4, 0.5) is 0 Å². The van der Waals surface area contributed by atoms with E-state index in [0.717, 1.165) is 22.6 Å². The standard InChI is InChI=1S/C14H17N3O/c1-9-4-5-10(2)13(11(9)3)18-14-16-7-6-12(8-15)17-14/h4-7H,8,15H2,1-3H3. The van der Waals surface area contributed by atoms with Crippen LogP contribution in [0.5, 0.6) is 11.8 Å². The molecule has 2 N–H and O–H groups in total. The van der Waals surface area contributed by atoms with Crippen molar-refractivity contribution in [2.45, 2.75) is 27.3 Å². The maximum Gasteiger partial charge on any atom is 0.322 e. The lowest BCUT2D eigenvalue weighted by Gasteiger charge is -2.12. The molecule has 1 heterocycles. The first-order valence-corrected chi connectivity index (χ1v) is 5.88. The number of hydrogen-bond donors (Lipinski definition) is 1. The molecule has 0 amide bonds. The maximum atomic E-state index is 5.79. The molecule has 0 bridgehead atoms. The van der Waals surface area contributed by atoms with Gasteiger partial charge in [-0.2, -0.15) is 4.98 Å². The zero-order valence-electron chi connectivity index (χ0n) is 10.9. The molecule has 0 radical (unpaired) electrons. The van der Waals surface area contributed by atoms with Gasteiger partial charge in [0.1, 0.15) is 5.75 Å². The summed E-state index contributed by atoms with van der Waals surface area (Å²) in [5.41, 5.74) is 9.68. The second kappa shape index (κ2) is 5.14. The summed E-state index contributed by atoms with van der Waals surface area (Å²) in [5, 5.41) is 0. The molecule has 0 aliphatic rings. The van der Waals surface area contributed by atoms with E-state index in [-0.39, 0.29) is 0 Å². The largest absolute Gasteiger partial charge is 0.424 e. The second-order valence-electron chi connectivity index (χ2n) is 4.29. The molecule has 2 aromatic rings. The summed E-state index contributed by atoms with van der Waals surface area (Å²) in [5.74, 6) is 0.823. The number of benzene rings is 1. The van der Waals surface area contributed by atoms with Crippen LogP contribution < -0.4 is 10.5 Å². The zero-order valence-corrected chi connectivity index (χ0v) is 10.9. The van der Waals surface area contributed by atoms with Crippen molar-refractivity contribution in [3.05, 3.63) is 46.8 Å². The summed E-state index contributed by atoms with van der Waals surface area (Å²) in [6.45, 7) is 6.47. The number of hydrogen-bond acceptors (Lipinski definition) is 4. The molecule has 4 nitrogen and oxygen atoms in total. The number of aromatic nitrogens is 2. The minimum Gasteiger partial charge on any atom is -0.424 e. The third-order valence-corrected chi connectivity index (χ3v) is 2.97. The van der Waals surface area contributed by atoms with Crippen LogP contribution in [0.1, 0.15) is 22.4 Å². The highest BCUT2D eigenvalue weighted by Crippen LogP contribution is 2.28. The van der Waals surface area contributed by atoms with Crippen molar-refractivity contribution in [2.75, 3.05) is 0 Å². The van der Waals surface area contributed by atoms with Crippen LogP contribution in [0.2, 0.25) is 0 Å². The third-order valence-electron chi connectivity index (χ3n) is 2.97. The van der Waals surface area contributed by atoms with Gasteiger partial charge in [-0.25, -0.2) is 4.98 Å². The Morgan fingerprint density at radius 3 is 2.56 bits per heavy atom. The highest BCUT2D eigenvalue weighted by Gasteiger charge is 2.09. The fourth-order valence-corrected chi connectivity index (χ4v) is 1.71. The van der Waals surface area contributed by atoms with E-state index < -0.39 is 0 Å². The predicted molar refractivity (Wildman–Crippen MR) is 70.7 cm³/mol. The number of aryl methyl sites for hydroxylation is 2. The summed E-state index contributed by atoms with van der Waals surface area (Å²) in [7, 11) is 0. The van der Waals surface area contributed by atoms with E-state index in [9.17, 15) is 0 Å². The molecule has 1 aromatic heterocycles. The predicted octanol–water partition coefficient (Wildman–Crippen LogP) is 2.65. The van der Waals surface area contributed by atoms with Gasteiger partial charge >= 0.3 is 6.01 Å². The lowest BCUT2D eigenvalue weighted by molar-refractivity contribution is 0.432. The summed E-state index contributed by atoms with van der Waals surface area (Å²) >= 11 is 0. The SMILES string of the molecule is Cc1ccc(C)c(Oc2nccc(CN)n2)c1C. The van der Waals surface area contributed by atoms with Gasteiger partial charge in [0.05, 0.1) is 5.69 Å². The monoisotopic (exact) mass is 243 g/mol. The molecule has 94 valence electrons. The molecule has 0 atom stereocenters. The molecule has 1 aromatic carbocycles. The fourth-order valence-electron chi connectivity index (χ4n) is 1.71. The van der Waals surface area contributed by atoms with Crippen molar-refractivity contribution in [3.63, 3.8) is 0 Å². The van der Waals surface area contributed by atoms with Crippen LogP contribution in [0.3, 0.4) is 0 Å². The van der Waals surface area contributed by atoms with Gasteiger partial charge in [-0.15, -0.1) is 0 Å². The highest BCUT2D eigenvalue weighted by molar-refractivity contribution is 5.45. The highest BCUT2D eigenvalue weighted by atomic mass is 16.5. The van der Waals surface area contributed by atoms with E-state index in [1.807, 2.05) is 19.9 Å². The Bertz CT molecular complexity index is 567. The quantitative estimate of drug-likeness (QED) is 0.900. The van der Waals surface area contributed by atoms with Gasteiger partial charge in [-0.1, -0.05) is 12.1 Å². The van der Waals surface area contributed by atoms with Gasteiger partial charge in [0, 0.05) is 12.7 Å². The summed E-state index contributed by atoms with van der Waals surface area (Å²) in [4.78, 5) is 8.35. The van der Waals surface area contributed by atoms with Crippen molar-refractivity contribution >= 4 is 0 Å². The van der Waals surface area contributed by atoms with Crippen LogP contribution in [-0.2, 0) is 6.54 Å². The van der Waals surface area contributed by atoms with Crippen LogP contribution in [0.15, 0.2) is 24.4 Å². The van der Waals surface area contributed by atoms with E-state index in [2.05, 4.69) is 23.0 Å². The molecular weight excluding hydrogens is 226 g/mol. The molecule has 18 heavy (non-hydrogen) atoms. The maximum absolute atomic E-state index is 5.79. The molecule has 0 fully saturated rings. The molecule has 0 aliphatic heterocycles. The summed E-state index contributed by atoms with van der Waals surface area (Å²) < 4.78 is 5.79. The smallest absolute Gasteiger partial charge is 0.322 e. The van der Waals surface area contributed by atoms with Crippen molar-refractivity contribution in [1.82, 2.24) is 9.97 Å². The van der Waals surface area contributed by atoms with Gasteiger partial charge < -0.3 is 10.5 Å². The number of rotatable bonds is 3. The Kier molecular flexibility index (Phi) is 3.58. The van der Waals surface area contributed by atoms with Crippen LogP contribution in [-0.4, -0.2) is 9.97 Å². The second-order valence-corrected chi connectivity index (χ2v) is 4.29. The Morgan fingerprint density at radius 2 is 1.83 bits per heavy atom. The van der Waals surface area contributed by atoms with Crippen molar-refractivity contribution < 1.29 is 4.74 Å². The molecule has 4 heteroatoms. The minimum atomic E-state index is 0.342. The van der Waals surface area contributed by atoms with E-state index in [1.54, 1.807) is 12.3 Å². The summed E-state index contributed by atoms with van der Waals surface area (Å²) in [6, 6.07) is 6.23. The summed E-state index contributed by atoms with van der Waals surface area (Å²) in [6.07, 6.45) is 1.66. The molecule has 0 saturated heterocycles. The zero-order chi connectivity index (χ0) is 13.1. The Labute approximate surface area is 107 Å². The van der Waals surface area contributed by atoms with Crippen molar-refractivity contribution in [2.24, 2.45) is 5.73 Å². The van der Waals surface area contributed by atoms with Gasteiger partial charge in [0.25, 0.3) is 0 Å². The van der Waals surface area contributed by atoms with Crippen LogP contribution in [0, 0.1) is 20.8 Å². The third kappa shape index (κ3) is 2.49. The Morgan fingerprint density at radius 1 is 1.11 bits per heavy atom. The van der Waals surface area contributed by atoms with Crippen LogP contribution in [0.25, 0.3) is 0 Å². The molecule has 0 saturated carbocycles. The normalized spacial score (nSPS) is 10.4. The van der Waals surface area contributed by atoms with Crippen molar-refractivity contribution in [3.8, 4) is 11.8 Å². The van der Waals surface area contributed by atoms with Crippen molar-refractivity contribution in [1.29, 1.82) is 0 Å². The van der Waals surface area contributed by atoms with E-state index >= 15 is 0 Å². The number of nitrogens with two attached hydrogens (primary N) is 1. The Hall–Kier alpha value is -1.94. The number of nitrogens with zero attached hydrogens (tertiary/aromatic N) is 2. The molecular formula is C14H17N3O. The Balaban J connectivity index is 2.36. The number of ether oxygens (including phenoxy) is 1. The minimum absolute atomic E-state index is 0.342.